The van der Waals surface area contributed by atoms with Crippen LogP contribution >= 0.6 is 0 Å². The van der Waals surface area contributed by atoms with Crippen LogP contribution in [0, 0.1) is 11.6 Å². The Morgan fingerprint density at radius 2 is 1.67 bits per heavy atom. The van der Waals surface area contributed by atoms with Gasteiger partial charge in [-0.25, -0.2) is 8.78 Å². The molecule has 21 heavy (non-hydrogen) atoms. The van der Waals surface area contributed by atoms with Crippen LogP contribution in [-0.4, -0.2) is 29.6 Å². The Labute approximate surface area is 126 Å². The third-order valence-corrected chi connectivity index (χ3v) is 4.36. The number of hydrogen-bond acceptors (Lipinski definition) is 2. The van der Waals surface area contributed by atoms with E-state index in [2.05, 4.69) is 31.0 Å². The fourth-order valence-electron chi connectivity index (χ4n) is 3.08. The molecule has 0 radical (unpaired) electrons. The molecule has 118 valence electrons. The largest absolute Gasteiger partial charge is 0.307 e. The number of hydrogen-bond donors (Lipinski definition) is 1. The molecule has 0 aliphatic carbocycles. The van der Waals surface area contributed by atoms with Crippen molar-refractivity contribution in [1.29, 1.82) is 0 Å². The maximum atomic E-state index is 13.8. The van der Waals surface area contributed by atoms with E-state index in [9.17, 15) is 8.78 Å². The van der Waals surface area contributed by atoms with Crippen LogP contribution in [0.2, 0.25) is 0 Å². The van der Waals surface area contributed by atoms with Crippen molar-refractivity contribution in [3.8, 4) is 0 Å². The van der Waals surface area contributed by atoms with Crippen LogP contribution < -0.4 is 5.32 Å². The predicted molar refractivity (Wildman–Crippen MR) is 82.3 cm³/mol. The van der Waals surface area contributed by atoms with Gasteiger partial charge in [-0.3, -0.25) is 4.90 Å². The fraction of sp³-hybridized carbons (Fsp3) is 0.647. The number of nitrogens with one attached hydrogen (secondary N) is 1. The van der Waals surface area contributed by atoms with Crippen molar-refractivity contribution < 1.29 is 8.78 Å². The first-order valence-electron chi connectivity index (χ1n) is 7.74. The number of nitrogens with zero attached hydrogens (tertiary/aromatic N) is 1. The maximum Gasteiger partial charge on any atom is 0.130 e. The van der Waals surface area contributed by atoms with E-state index in [1.54, 1.807) is 0 Å². The van der Waals surface area contributed by atoms with Crippen LogP contribution in [0.3, 0.4) is 0 Å². The van der Waals surface area contributed by atoms with Gasteiger partial charge in [-0.05, 0) is 52.7 Å². The van der Waals surface area contributed by atoms with Gasteiger partial charge in [0.15, 0.2) is 0 Å². The van der Waals surface area contributed by atoms with Crippen LogP contribution in [0.25, 0.3) is 0 Å². The van der Waals surface area contributed by atoms with Crippen molar-refractivity contribution in [3.63, 3.8) is 0 Å². The summed E-state index contributed by atoms with van der Waals surface area (Å²) in [4.78, 5) is 2.46. The zero-order valence-corrected chi connectivity index (χ0v) is 13.4. The maximum absolute atomic E-state index is 13.8. The smallest absolute Gasteiger partial charge is 0.130 e. The molecule has 4 heteroatoms. The quantitative estimate of drug-likeness (QED) is 0.910. The van der Waals surface area contributed by atoms with Crippen molar-refractivity contribution in [2.24, 2.45) is 0 Å². The topological polar surface area (TPSA) is 15.3 Å². The lowest BCUT2D eigenvalue weighted by Gasteiger charge is -2.41. The molecule has 1 atom stereocenters. The highest BCUT2D eigenvalue weighted by Gasteiger charge is 2.28. The monoisotopic (exact) mass is 296 g/mol. The van der Waals surface area contributed by atoms with Crippen LogP contribution in [0.5, 0.6) is 0 Å². The van der Waals surface area contributed by atoms with E-state index in [1.807, 2.05) is 6.92 Å². The third kappa shape index (κ3) is 4.01. The zero-order valence-electron chi connectivity index (χ0n) is 13.4. The normalized spacial score (nSPS) is 19.7. The molecule has 0 aromatic heterocycles. The Bertz CT molecular complexity index is 454. The fourth-order valence-corrected chi connectivity index (χ4v) is 3.08. The van der Waals surface area contributed by atoms with E-state index in [0.29, 0.717) is 6.04 Å². The van der Waals surface area contributed by atoms with E-state index in [1.165, 1.54) is 18.2 Å². The summed E-state index contributed by atoms with van der Waals surface area (Å²) in [6.45, 7) is 10.5. The molecule has 1 heterocycles. The Kier molecular flexibility index (Phi) is 4.99. The summed E-state index contributed by atoms with van der Waals surface area (Å²) in [5, 5.41) is 3.38. The van der Waals surface area contributed by atoms with Gasteiger partial charge in [-0.15, -0.1) is 0 Å². The molecule has 1 aliphatic rings. The van der Waals surface area contributed by atoms with Gasteiger partial charge in [0.25, 0.3) is 0 Å². The van der Waals surface area contributed by atoms with Gasteiger partial charge in [0, 0.05) is 36.3 Å². The minimum absolute atomic E-state index is 0.149. The van der Waals surface area contributed by atoms with Gasteiger partial charge in [0.2, 0.25) is 0 Å². The zero-order chi connectivity index (χ0) is 15.6. The minimum atomic E-state index is -0.470. The summed E-state index contributed by atoms with van der Waals surface area (Å²) < 4.78 is 27.6. The molecule has 1 aromatic carbocycles. The van der Waals surface area contributed by atoms with Gasteiger partial charge < -0.3 is 5.32 Å². The summed E-state index contributed by atoms with van der Waals surface area (Å²) >= 11 is 0. The minimum Gasteiger partial charge on any atom is -0.307 e. The third-order valence-electron chi connectivity index (χ3n) is 4.36. The second kappa shape index (κ2) is 6.41. The van der Waals surface area contributed by atoms with Crippen molar-refractivity contribution in [2.45, 2.75) is 58.2 Å². The van der Waals surface area contributed by atoms with E-state index < -0.39 is 11.6 Å². The molecule has 1 aliphatic heterocycles. The van der Waals surface area contributed by atoms with Crippen molar-refractivity contribution >= 4 is 0 Å². The number of rotatable bonds is 3. The first-order valence-corrected chi connectivity index (χ1v) is 7.74. The van der Waals surface area contributed by atoms with Gasteiger partial charge in [-0.1, -0.05) is 6.07 Å². The lowest BCUT2D eigenvalue weighted by atomic mass is 9.96. The average Bonchev–Trinajstić information content (AvgIpc) is 2.38. The molecule has 0 bridgehead atoms. The van der Waals surface area contributed by atoms with E-state index in [4.69, 9.17) is 0 Å². The summed E-state index contributed by atoms with van der Waals surface area (Å²) in [6, 6.07) is 4.05. The predicted octanol–water partition coefficient (Wildman–Crippen LogP) is 3.88. The number of halogens is 2. The number of likely N-dealkylation sites (tertiary alicyclic amines) is 1. The van der Waals surface area contributed by atoms with Crippen LogP contribution in [0.4, 0.5) is 8.78 Å². The molecule has 0 saturated carbocycles. The molecule has 2 nitrogen and oxygen atoms in total. The van der Waals surface area contributed by atoms with Crippen LogP contribution in [0.1, 0.15) is 52.1 Å². The Hall–Kier alpha value is -1.00. The molecule has 1 N–H and O–H groups in total. The van der Waals surface area contributed by atoms with Crippen LogP contribution in [-0.2, 0) is 0 Å². The van der Waals surface area contributed by atoms with Crippen molar-refractivity contribution in [1.82, 2.24) is 10.2 Å². The highest BCUT2D eigenvalue weighted by molar-refractivity contribution is 5.23. The SMILES string of the molecule is CC(NC1CCN(C(C)(C)C)CC1)c1c(F)cccc1F. The Morgan fingerprint density at radius 1 is 1.14 bits per heavy atom. The summed E-state index contributed by atoms with van der Waals surface area (Å²) in [5.74, 6) is -0.941. The van der Waals surface area contributed by atoms with E-state index in [-0.39, 0.29) is 17.1 Å². The first kappa shape index (κ1) is 16.4. The Balaban J connectivity index is 1.95. The van der Waals surface area contributed by atoms with Gasteiger partial charge >= 0.3 is 0 Å². The van der Waals surface area contributed by atoms with E-state index >= 15 is 0 Å². The van der Waals surface area contributed by atoms with E-state index in [0.717, 1.165) is 25.9 Å². The average molecular weight is 296 g/mol. The molecule has 2 rings (SSSR count). The molecule has 0 amide bonds. The van der Waals surface area contributed by atoms with Gasteiger partial charge in [-0.2, -0.15) is 0 Å². The van der Waals surface area contributed by atoms with Crippen molar-refractivity contribution in [2.75, 3.05) is 13.1 Å². The first-order chi connectivity index (χ1) is 9.79. The molecular weight excluding hydrogens is 270 g/mol. The standard InChI is InChI=1S/C17H26F2N2/c1-12(16-14(18)6-5-7-15(16)19)20-13-8-10-21(11-9-13)17(2,3)4/h5-7,12-13,20H,8-11H2,1-4H3. The van der Waals surface area contributed by atoms with Crippen LogP contribution in [0.15, 0.2) is 18.2 Å². The molecule has 1 unspecified atom stereocenters. The molecule has 1 aromatic rings. The highest BCUT2D eigenvalue weighted by Crippen LogP contribution is 2.24. The molecule has 0 spiro atoms. The summed E-state index contributed by atoms with van der Waals surface area (Å²) in [7, 11) is 0. The molecule has 1 saturated heterocycles. The Morgan fingerprint density at radius 3 is 2.14 bits per heavy atom. The lowest BCUT2D eigenvalue weighted by molar-refractivity contribution is 0.0940. The van der Waals surface area contributed by atoms with Gasteiger partial charge in [0.05, 0.1) is 0 Å². The number of piperidine rings is 1. The van der Waals surface area contributed by atoms with Crippen molar-refractivity contribution in [3.05, 3.63) is 35.4 Å². The second-order valence-corrected chi connectivity index (χ2v) is 6.96. The second-order valence-electron chi connectivity index (χ2n) is 6.96. The van der Waals surface area contributed by atoms with Gasteiger partial charge in [0.1, 0.15) is 11.6 Å². The molecule has 1 fully saturated rings. The number of benzene rings is 1. The summed E-state index contributed by atoms with van der Waals surface area (Å²) in [5.41, 5.74) is 0.338. The lowest BCUT2D eigenvalue weighted by Crippen LogP contribution is -2.50. The summed E-state index contributed by atoms with van der Waals surface area (Å²) in [6.07, 6.45) is 2.02. The molecular formula is C17H26F2N2. The highest BCUT2D eigenvalue weighted by atomic mass is 19.1.